The van der Waals surface area contributed by atoms with E-state index in [2.05, 4.69) is 20.5 Å². The lowest BCUT2D eigenvalue weighted by atomic mass is 10.4. The summed E-state index contributed by atoms with van der Waals surface area (Å²) in [4.78, 5) is 8.33. The minimum atomic E-state index is 0.331. The van der Waals surface area contributed by atoms with Crippen molar-refractivity contribution in [2.45, 2.75) is 13.8 Å². The molecule has 0 fully saturated rings. The quantitative estimate of drug-likeness (QED) is 0.516. The summed E-state index contributed by atoms with van der Waals surface area (Å²) < 4.78 is 5.43. The molecule has 2 aromatic heterocycles. The maximum atomic E-state index is 5.90. The predicted octanol–water partition coefficient (Wildman–Crippen LogP) is 3.12. The summed E-state index contributed by atoms with van der Waals surface area (Å²) in [5.74, 6) is 2.32. The highest BCUT2D eigenvalue weighted by Gasteiger charge is 2.08. The Labute approximate surface area is 104 Å². The van der Waals surface area contributed by atoms with Crippen LogP contribution in [0.5, 0.6) is 0 Å². The van der Waals surface area contributed by atoms with Crippen LogP contribution in [-0.4, -0.2) is 16.2 Å². The van der Waals surface area contributed by atoms with Crippen molar-refractivity contribution < 1.29 is 4.42 Å². The third kappa shape index (κ3) is 2.82. The van der Waals surface area contributed by atoms with E-state index >= 15 is 0 Å². The van der Waals surface area contributed by atoms with Crippen molar-refractivity contribution in [3.05, 3.63) is 29.1 Å². The molecule has 0 saturated carbocycles. The molecule has 0 spiro atoms. The first-order valence-corrected chi connectivity index (χ1v) is 5.42. The van der Waals surface area contributed by atoms with Crippen LogP contribution >= 0.6 is 11.6 Å². The molecule has 2 heterocycles. The Kier molecular flexibility index (Phi) is 3.39. The van der Waals surface area contributed by atoms with Gasteiger partial charge in [-0.15, -0.1) is 0 Å². The number of hydrazone groups is 1. The lowest BCUT2D eigenvalue weighted by molar-refractivity contribution is 0.544. The van der Waals surface area contributed by atoms with E-state index in [1.165, 1.54) is 0 Å². The monoisotopic (exact) mass is 250 g/mol. The molecular formula is C11H11ClN4O. The Hall–Kier alpha value is -1.88. The number of nitrogens with one attached hydrogen (secondary N) is 1. The van der Waals surface area contributed by atoms with Crippen LogP contribution < -0.4 is 5.43 Å². The van der Waals surface area contributed by atoms with Crippen molar-refractivity contribution in [1.82, 2.24) is 9.97 Å². The van der Waals surface area contributed by atoms with Gasteiger partial charge < -0.3 is 4.42 Å². The SMILES string of the molecule is C/C=N/Nc1cc(Cl)nc(-c2ccc(C)o2)n1. The topological polar surface area (TPSA) is 63.3 Å². The summed E-state index contributed by atoms with van der Waals surface area (Å²) >= 11 is 5.90. The molecule has 0 amide bonds. The smallest absolute Gasteiger partial charge is 0.199 e. The summed E-state index contributed by atoms with van der Waals surface area (Å²) in [5, 5.41) is 4.20. The van der Waals surface area contributed by atoms with E-state index in [4.69, 9.17) is 16.0 Å². The number of halogens is 1. The van der Waals surface area contributed by atoms with Gasteiger partial charge in [0.15, 0.2) is 17.4 Å². The Balaban J connectivity index is 2.37. The fraction of sp³-hybridized carbons (Fsp3) is 0.182. The second-order valence-corrected chi connectivity index (χ2v) is 3.70. The van der Waals surface area contributed by atoms with Crippen LogP contribution in [0, 0.1) is 6.92 Å². The van der Waals surface area contributed by atoms with E-state index in [9.17, 15) is 0 Å². The lowest BCUT2D eigenvalue weighted by Gasteiger charge is -2.02. The molecule has 2 aromatic rings. The minimum Gasteiger partial charge on any atom is -0.458 e. The van der Waals surface area contributed by atoms with Crippen molar-refractivity contribution in [2.75, 3.05) is 5.43 Å². The first-order chi connectivity index (χ1) is 8.19. The van der Waals surface area contributed by atoms with Gasteiger partial charge in [0.05, 0.1) is 0 Å². The Morgan fingerprint density at radius 3 is 2.88 bits per heavy atom. The average Bonchev–Trinajstić information content (AvgIpc) is 2.72. The molecule has 0 aliphatic rings. The van der Waals surface area contributed by atoms with Crippen molar-refractivity contribution >= 4 is 23.6 Å². The molecular weight excluding hydrogens is 240 g/mol. The molecule has 0 saturated heterocycles. The summed E-state index contributed by atoms with van der Waals surface area (Å²) in [7, 11) is 0. The van der Waals surface area contributed by atoms with E-state index in [1.807, 2.05) is 13.0 Å². The summed E-state index contributed by atoms with van der Waals surface area (Å²) in [6.45, 7) is 3.65. The number of hydrogen-bond donors (Lipinski definition) is 1. The summed E-state index contributed by atoms with van der Waals surface area (Å²) in [5.41, 5.74) is 2.74. The van der Waals surface area contributed by atoms with Gasteiger partial charge in [-0.05, 0) is 26.0 Å². The van der Waals surface area contributed by atoms with Crippen LogP contribution in [-0.2, 0) is 0 Å². The molecule has 88 valence electrons. The molecule has 6 heteroatoms. The maximum Gasteiger partial charge on any atom is 0.199 e. The third-order valence-corrected chi connectivity index (χ3v) is 2.16. The Morgan fingerprint density at radius 1 is 1.41 bits per heavy atom. The van der Waals surface area contributed by atoms with E-state index in [1.54, 1.807) is 25.3 Å². The van der Waals surface area contributed by atoms with Gasteiger partial charge in [-0.3, -0.25) is 5.43 Å². The van der Waals surface area contributed by atoms with E-state index in [0.29, 0.717) is 22.6 Å². The molecule has 17 heavy (non-hydrogen) atoms. The molecule has 0 bridgehead atoms. The van der Waals surface area contributed by atoms with Gasteiger partial charge in [-0.2, -0.15) is 5.10 Å². The van der Waals surface area contributed by atoms with Crippen LogP contribution in [0.15, 0.2) is 27.7 Å². The highest BCUT2D eigenvalue weighted by atomic mass is 35.5. The van der Waals surface area contributed by atoms with Crippen molar-refractivity contribution in [3.63, 3.8) is 0 Å². The molecule has 1 N–H and O–H groups in total. The van der Waals surface area contributed by atoms with E-state index < -0.39 is 0 Å². The summed E-state index contributed by atoms with van der Waals surface area (Å²) in [6, 6.07) is 5.23. The lowest BCUT2D eigenvalue weighted by Crippen LogP contribution is -1.96. The molecule has 0 radical (unpaired) electrons. The molecule has 0 atom stereocenters. The standard InChI is InChI=1S/C11H11ClN4O/c1-3-13-16-10-6-9(12)14-11(15-10)8-5-4-7(2)17-8/h3-6H,1-2H3,(H,14,15,16)/b13-3+. The second-order valence-electron chi connectivity index (χ2n) is 3.31. The molecule has 0 unspecified atom stereocenters. The normalized spacial score (nSPS) is 11.0. The van der Waals surface area contributed by atoms with Crippen molar-refractivity contribution in [1.29, 1.82) is 0 Å². The highest BCUT2D eigenvalue weighted by molar-refractivity contribution is 6.29. The number of hydrogen-bond acceptors (Lipinski definition) is 5. The number of rotatable bonds is 3. The molecule has 0 aliphatic carbocycles. The zero-order valence-corrected chi connectivity index (χ0v) is 10.2. The van der Waals surface area contributed by atoms with Gasteiger partial charge in [0.25, 0.3) is 0 Å². The van der Waals surface area contributed by atoms with Crippen LogP contribution in [0.3, 0.4) is 0 Å². The van der Waals surface area contributed by atoms with Gasteiger partial charge in [-0.25, -0.2) is 9.97 Å². The van der Waals surface area contributed by atoms with E-state index in [0.717, 1.165) is 5.76 Å². The number of furan rings is 1. The van der Waals surface area contributed by atoms with Gasteiger partial charge in [-0.1, -0.05) is 11.6 Å². The predicted molar refractivity (Wildman–Crippen MR) is 67.3 cm³/mol. The van der Waals surface area contributed by atoms with Crippen LogP contribution in [0.25, 0.3) is 11.6 Å². The molecule has 5 nitrogen and oxygen atoms in total. The maximum absolute atomic E-state index is 5.90. The zero-order valence-electron chi connectivity index (χ0n) is 9.44. The molecule has 2 rings (SSSR count). The first kappa shape index (κ1) is 11.6. The second kappa shape index (κ2) is 4.97. The first-order valence-electron chi connectivity index (χ1n) is 5.04. The minimum absolute atomic E-state index is 0.331. The van der Waals surface area contributed by atoms with Crippen LogP contribution in [0.2, 0.25) is 5.15 Å². The van der Waals surface area contributed by atoms with Gasteiger partial charge >= 0.3 is 0 Å². The highest BCUT2D eigenvalue weighted by Crippen LogP contribution is 2.22. The fourth-order valence-electron chi connectivity index (χ4n) is 1.27. The molecule has 0 aromatic carbocycles. The fourth-order valence-corrected chi connectivity index (χ4v) is 1.45. The number of aromatic nitrogens is 2. The van der Waals surface area contributed by atoms with Crippen molar-refractivity contribution in [2.24, 2.45) is 5.10 Å². The van der Waals surface area contributed by atoms with Crippen LogP contribution in [0.4, 0.5) is 5.82 Å². The number of anilines is 1. The van der Waals surface area contributed by atoms with Crippen LogP contribution in [0.1, 0.15) is 12.7 Å². The zero-order chi connectivity index (χ0) is 12.3. The third-order valence-electron chi connectivity index (χ3n) is 1.96. The Morgan fingerprint density at radius 2 is 2.24 bits per heavy atom. The summed E-state index contributed by atoms with van der Waals surface area (Å²) in [6.07, 6.45) is 1.62. The molecule has 0 aliphatic heterocycles. The van der Waals surface area contributed by atoms with Gasteiger partial charge in [0, 0.05) is 12.3 Å². The van der Waals surface area contributed by atoms with Crippen molar-refractivity contribution in [3.8, 4) is 11.6 Å². The number of nitrogens with zero attached hydrogens (tertiary/aromatic N) is 3. The number of aryl methyl sites for hydroxylation is 1. The van der Waals surface area contributed by atoms with Gasteiger partial charge in [0.1, 0.15) is 10.9 Å². The Bertz CT molecular complexity index is 550. The largest absolute Gasteiger partial charge is 0.458 e. The average molecular weight is 251 g/mol. The van der Waals surface area contributed by atoms with Gasteiger partial charge in [0.2, 0.25) is 0 Å². The van der Waals surface area contributed by atoms with E-state index in [-0.39, 0.29) is 0 Å².